The van der Waals surface area contributed by atoms with Crippen LogP contribution >= 0.6 is 0 Å². The van der Waals surface area contributed by atoms with E-state index in [-0.39, 0.29) is 56.0 Å². The molecule has 1 unspecified atom stereocenters. The Morgan fingerprint density at radius 2 is 1.56 bits per heavy atom. The molecule has 16 heavy (non-hydrogen) atoms. The topological polar surface area (TPSA) is 117 Å². The van der Waals surface area contributed by atoms with Gasteiger partial charge in [-0.25, -0.2) is 0 Å². The fourth-order valence-corrected chi connectivity index (χ4v) is 0.957. The zero-order valence-electron chi connectivity index (χ0n) is 8.24. The van der Waals surface area contributed by atoms with Crippen molar-refractivity contribution in [3.8, 4) is 0 Å². The average Bonchev–Trinajstić information content (AvgIpc) is 2.16. The zero-order chi connectivity index (χ0) is 11.9. The Morgan fingerprint density at radius 1 is 1.19 bits per heavy atom. The molecular weight excluding hydrogens is 253 g/mol. The van der Waals surface area contributed by atoms with Gasteiger partial charge in [0.2, 0.25) is 0 Å². The molecule has 0 rings (SSSR count). The molecule has 0 saturated carbocycles. The maximum absolute atomic E-state index is 10.7. The van der Waals surface area contributed by atoms with Crippen LogP contribution in [-0.2, 0) is 19.8 Å². The summed E-state index contributed by atoms with van der Waals surface area (Å²) < 4.78 is 30.2. The molecule has 0 aromatic rings. The van der Waals surface area contributed by atoms with E-state index in [4.69, 9.17) is 24.4 Å². The van der Waals surface area contributed by atoms with Gasteiger partial charge in [-0.15, -0.1) is 0 Å². The van der Waals surface area contributed by atoms with Crippen molar-refractivity contribution in [1.82, 2.24) is 5.23 Å². The van der Waals surface area contributed by atoms with Gasteiger partial charge in [0, 0.05) is 0 Å². The third-order valence-corrected chi connectivity index (χ3v) is 2.38. The summed E-state index contributed by atoms with van der Waals surface area (Å²) in [7, 11) is -4.35. The number of rotatable bonds is 8. The molecule has 1 atom stereocenters. The molecule has 10 heteroatoms. The molecule has 0 fully saturated rings. The van der Waals surface area contributed by atoms with E-state index in [2.05, 4.69) is 0 Å². The van der Waals surface area contributed by atoms with Crippen LogP contribution in [0.25, 0.3) is 0 Å². The van der Waals surface area contributed by atoms with Crippen molar-refractivity contribution in [2.75, 3.05) is 26.4 Å². The molecule has 0 aromatic carbocycles. The van der Waals surface area contributed by atoms with E-state index in [0.717, 1.165) is 6.92 Å². The Balaban J connectivity index is 0. The summed E-state index contributed by atoms with van der Waals surface area (Å²) in [5, 5.41) is 16.0. The van der Waals surface area contributed by atoms with Crippen LogP contribution < -0.4 is 0 Å². The van der Waals surface area contributed by atoms with Crippen LogP contribution in [-0.4, -0.2) is 89.8 Å². The van der Waals surface area contributed by atoms with E-state index in [1.54, 1.807) is 0 Å². The van der Waals surface area contributed by atoms with Crippen molar-refractivity contribution in [3.05, 3.63) is 0 Å². The molecule has 94 valence electrons. The van der Waals surface area contributed by atoms with Crippen LogP contribution in [0.2, 0.25) is 0 Å². The summed E-state index contributed by atoms with van der Waals surface area (Å²) in [4.78, 5) is 9.38. The molecule has 0 amide bonds. The molecule has 0 radical (unpaired) electrons. The molecule has 0 aliphatic carbocycles. The predicted octanol–water partition coefficient (Wildman–Crippen LogP) is -2.28. The van der Waals surface area contributed by atoms with Crippen LogP contribution in [0.15, 0.2) is 0 Å². The Labute approximate surface area is 116 Å². The quantitative estimate of drug-likeness (QED) is 0.256. The third kappa shape index (κ3) is 7.90. The monoisotopic (exact) mass is 269 g/mol. The first-order valence-electron chi connectivity index (χ1n) is 4.16. The first kappa shape index (κ1) is 19.1. The van der Waals surface area contributed by atoms with Crippen LogP contribution in [0.4, 0.5) is 0 Å². The van der Waals surface area contributed by atoms with E-state index in [1.165, 1.54) is 0 Å². The number of hydroxylamine groups is 2. The molecule has 3 N–H and O–H groups in total. The standard InChI is InChI=1S/C6H15NO7S.Na.H/c1-6(15(10,11)12)7(13-4-2-8)14-5-3-9;;/h6,8-9H,2-5H2,1H3,(H,10,11,12);;. The van der Waals surface area contributed by atoms with Gasteiger partial charge in [-0.2, -0.15) is 8.42 Å². The Morgan fingerprint density at radius 3 is 1.81 bits per heavy atom. The van der Waals surface area contributed by atoms with Crippen molar-refractivity contribution in [3.63, 3.8) is 0 Å². The number of aliphatic hydroxyl groups excluding tert-OH is 2. The minimum absolute atomic E-state index is 0. The van der Waals surface area contributed by atoms with Gasteiger partial charge in [-0.05, 0) is 12.2 Å². The summed E-state index contributed by atoms with van der Waals surface area (Å²) in [5.41, 5.74) is 0. The zero-order valence-corrected chi connectivity index (χ0v) is 9.05. The molecule has 0 saturated heterocycles. The SMILES string of the molecule is CC(N(OCCO)OCCO)S(=O)(=O)O.[NaH]. The Hall–Kier alpha value is 0.710. The van der Waals surface area contributed by atoms with Gasteiger partial charge in [0.15, 0.2) is 5.37 Å². The molecule has 8 nitrogen and oxygen atoms in total. The summed E-state index contributed by atoms with van der Waals surface area (Å²) in [6, 6.07) is 0. The minimum atomic E-state index is -4.35. The second-order valence-electron chi connectivity index (χ2n) is 2.51. The number of aliphatic hydroxyl groups is 2. The van der Waals surface area contributed by atoms with Crippen molar-refractivity contribution in [1.29, 1.82) is 0 Å². The second-order valence-corrected chi connectivity index (χ2v) is 4.23. The van der Waals surface area contributed by atoms with Crippen LogP contribution in [0.5, 0.6) is 0 Å². The van der Waals surface area contributed by atoms with Crippen molar-refractivity contribution in [2.45, 2.75) is 12.3 Å². The van der Waals surface area contributed by atoms with Crippen LogP contribution in [0.3, 0.4) is 0 Å². The van der Waals surface area contributed by atoms with Gasteiger partial charge in [-0.1, -0.05) is 0 Å². The van der Waals surface area contributed by atoms with Gasteiger partial charge in [0.05, 0.1) is 26.4 Å². The van der Waals surface area contributed by atoms with Gasteiger partial charge in [0.1, 0.15) is 0 Å². The summed E-state index contributed by atoms with van der Waals surface area (Å²) in [5.74, 6) is 0. The van der Waals surface area contributed by atoms with E-state index in [1.807, 2.05) is 0 Å². The first-order valence-corrected chi connectivity index (χ1v) is 5.67. The normalized spacial score (nSPS) is 13.6. The third-order valence-electron chi connectivity index (χ3n) is 1.35. The predicted molar refractivity (Wildman–Crippen MR) is 56.1 cm³/mol. The Kier molecular flexibility index (Phi) is 11.6. The fourth-order valence-electron chi connectivity index (χ4n) is 0.618. The van der Waals surface area contributed by atoms with Crippen molar-refractivity contribution >= 4 is 39.7 Å². The number of hydrogen-bond acceptors (Lipinski definition) is 7. The Bertz CT molecular complexity index is 252. The average molecular weight is 269 g/mol. The molecule has 0 aromatic heterocycles. The van der Waals surface area contributed by atoms with Gasteiger partial charge in [0.25, 0.3) is 10.1 Å². The van der Waals surface area contributed by atoms with Crippen LogP contribution in [0.1, 0.15) is 6.92 Å². The van der Waals surface area contributed by atoms with Gasteiger partial charge < -0.3 is 10.2 Å². The molecule has 0 aliphatic heterocycles. The summed E-state index contributed by atoms with van der Waals surface area (Å²) in [6.07, 6.45) is 0. The summed E-state index contributed by atoms with van der Waals surface area (Å²) >= 11 is 0. The van der Waals surface area contributed by atoms with E-state index < -0.39 is 15.5 Å². The van der Waals surface area contributed by atoms with Crippen LogP contribution in [0, 0.1) is 0 Å². The van der Waals surface area contributed by atoms with E-state index >= 15 is 0 Å². The molecular formula is C6H16NNaO7S. The number of hydrogen-bond donors (Lipinski definition) is 3. The molecule has 0 spiro atoms. The molecule has 0 heterocycles. The fraction of sp³-hybridized carbons (Fsp3) is 1.00. The molecule has 0 aliphatic rings. The second kappa shape index (κ2) is 9.71. The van der Waals surface area contributed by atoms with E-state index in [9.17, 15) is 8.42 Å². The van der Waals surface area contributed by atoms with Gasteiger partial charge in [-0.3, -0.25) is 14.2 Å². The number of nitrogens with zero attached hydrogens (tertiary/aromatic N) is 1. The maximum atomic E-state index is 10.7. The van der Waals surface area contributed by atoms with Crippen molar-refractivity contribution < 1.29 is 32.9 Å². The molecule has 0 bridgehead atoms. The summed E-state index contributed by atoms with van der Waals surface area (Å²) in [6.45, 7) is 0.0784. The van der Waals surface area contributed by atoms with Crippen molar-refractivity contribution in [2.24, 2.45) is 0 Å². The first-order chi connectivity index (χ1) is 6.93. The van der Waals surface area contributed by atoms with E-state index in [0.29, 0.717) is 5.23 Å². The van der Waals surface area contributed by atoms with Gasteiger partial charge >= 0.3 is 29.6 Å².